The van der Waals surface area contributed by atoms with Gasteiger partial charge in [-0.15, -0.1) is 0 Å². The maximum absolute atomic E-state index is 11.9. The van der Waals surface area contributed by atoms with Crippen LogP contribution in [-0.2, 0) is 14.6 Å². The highest BCUT2D eigenvalue weighted by Crippen LogP contribution is 2.23. The first-order valence-electron chi connectivity index (χ1n) is 6.72. The van der Waals surface area contributed by atoms with E-state index in [-0.39, 0.29) is 28.7 Å². The predicted molar refractivity (Wildman–Crippen MR) is 86.8 cm³/mol. The topological polar surface area (TPSA) is 69.7 Å². The molecule has 5 nitrogen and oxygen atoms in total. The number of esters is 1. The van der Waals surface area contributed by atoms with Gasteiger partial charge in [0.2, 0.25) is 0 Å². The molecule has 7 heteroatoms. The Hall–Kier alpha value is -2.05. The van der Waals surface area contributed by atoms with Crippen LogP contribution in [-0.4, -0.2) is 33.9 Å². The summed E-state index contributed by atoms with van der Waals surface area (Å²) in [7, 11) is -3.52. The number of hydrogen-bond donors (Lipinski definition) is 0. The lowest BCUT2D eigenvalue weighted by Gasteiger charge is -2.08. The minimum Gasteiger partial charge on any atom is -0.490 e. The maximum Gasteiger partial charge on any atom is 0.338 e. The summed E-state index contributed by atoms with van der Waals surface area (Å²) in [5.41, 5.74) is 0.120. The van der Waals surface area contributed by atoms with Gasteiger partial charge in [0.1, 0.15) is 19.0 Å². The molecule has 0 heterocycles. The quantitative estimate of drug-likeness (QED) is 0.589. The fourth-order valence-corrected chi connectivity index (χ4v) is 3.11. The van der Waals surface area contributed by atoms with Gasteiger partial charge in [-0.05, 0) is 30.3 Å². The molecular weight excluding hydrogens is 340 g/mol. The normalized spacial score (nSPS) is 11.0. The largest absolute Gasteiger partial charge is 0.490 e. The van der Waals surface area contributed by atoms with Crippen LogP contribution in [0.3, 0.4) is 0 Å². The Kier molecular flexibility index (Phi) is 5.63. The number of rotatable bonds is 6. The summed E-state index contributed by atoms with van der Waals surface area (Å²) in [4.78, 5) is 11.8. The summed E-state index contributed by atoms with van der Waals surface area (Å²) in [5.74, 6) is 0.0395. The second-order valence-electron chi connectivity index (χ2n) is 4.71. The van der Waals surface area contributed by atoms with Crippen LogP contribution < -0.4 is 4.74 Å². The molecule has 0 atom stereocenters. The lowest BCUT2D eigenvalue weighted by atomic mass is 10.2. The fourth-order valence-electron chi connectivity index (χ4n) is 1.81. The number of para-hydroxylation sites is 1. The lowest BCUT2D eigenvalue weighted by Crippen LogP contribution is -2.13. The van der Waals surface area contributed by atoms with Crippen molar-refractivity contribution in [2.75, 3.05) is 19.5 Å². The van der Waals surface area contributed by atoms with E-state index in [0.717, 1.165) is 6.26 Å². The third kappa shape index (κ3) is 4.97. The van der Waals surface area contributed by atoms with Crippen molar-refractivity contribution in [2.45, 2.75) is 4.90 Å². The zero-order valence-corrected chi connectivity index (χ0v) is 13.9. The highest BCUT2D eigenvalue weighted by Gasteiger charge is 2.16. The van der Waals surface area contributed by atoms with Crippen molar-refractivity contribution in [1.82, 2.24) is 0 Å². The molecule has 0 N–H and O–H groups in total. The van der Waals surface area contributed by atoms with E-state index in [9.17, 15) is 13.2 Å². The molecule has 0 saturated heterocycles. The van der Waals surface area contributed by atoms with Crippen LogP contribution in [0.2, 0.25) is 5.02 Å². The van der Waals surface area contributed by atoms with Gasteiger partial charge in [0.15, 0.2) is 9.84 Å². The molecule has 2 rings (SSSR count). The smallest absolute Gasteiger partial charge is 0.338 e. The van der Waals surface area contributed by atoms with Gasteiger partial charge in [-0.25, -0.2) is 13.2 Å². The number of hydrogen-bond acceptors (Lipinski definition) is 5. The molecule has 0 aliphatic heterocycles. The Morgan fingerprint density at radius 1 is 1.09 bits per heavy atom. The fraction of sp³-hybridized carbons (Fsp3) is 0.188. The molecule has 0 radical (unpaired) electrons. The molecule has 0 aromatic heterocycles. The highest BCUT2D eigenvalue weighted by molar-refractivity contribution is 7.90. The Bertz CT molecular complexity index is 787. The third-order valence-corrected chi connectivity index (χ3v) is 4.47. The van der Waals surface area contributed by atoms with Crippen LogP contribution in [0.15, 0.2) is 53.4 Å². The third-order valence-electron chi connectivity index (χ3n) is 2.89. The van der Waals surface area contributed by atoms with Crippen molar-refractivity contribution in [3.05, 3.63) is 59.1 Å². The minimum atomic E-state index is -3.52. The van der Waals surface area contributed by atoms with Gasteiger partial charge in [0.05, 0.1) is 15.5 Å². The van der Waals surface area contributed by atoms with Crippen LogP contribution >= 0.6 is 11.6 Å². The van der Waals surface area contributed by atoms with Crippen LogP contribution in [0.5, 0.6) is 5.75 Å². The van der Waals surface area contributed by atoms with E-state index >= 15 is 0 Å². The summed E-state index contributed by atoms with van der Waals surface area (Å²) >= 11 is 5.83. The number of benzene rings is 2. The lowest BCUT2D eigenvalue weighted by molar-refractivity contribution is 0.0450. The Morgan fingerprint density at radius 3 is 2.43 bits per heavy atom. The van der Waals surface area contributed by atoms with Crippen molar-refractivity contribution in [3.63, 3.8) is 0 Å². The average Bonchev–Trinajstić information content (AvgIpc) is 2.51. The summed E-state index contributed by atoms with van der Waals surface area (Å²) in [6.07, 6.45) is 1.02. The molecule has 0 aliphatic rings. The SMILES string of the molecule is CS(=O)(=O)c1cc(C(=O)OCCOc2ccccc2)ccc1Cl. The Morgan fingerprint density at radius 2 is 1.78 bits per heavy atom. The number of halogens is 1. The van der Waals surface area contributed by atoms with Crippen molar-refractivity contribution in [1.29, 1.82) is 0 Å². The molecule has 0 fully saturated rings. The molecule has 23 heavy (non-hydrogen) atoms. The van der Waals surface area contributed by atoms with Gasteiger partial charge >= 0.3 is 5.97 Å². The van der Waals surface area contributed by atoms with Crippen LogP contribution in [0.25, 0.3) is 0 Å². The first kappa shape index (κ1) is 17.3. The van der Waals surface area contributed by atoms with Crippen LogP contribution in [0, 0.1) is 0 Å². The molecule has 122 valence electrons. The van der Waals surface area contributed by atoms with Crippen molar-refractivity contribution in [2.24, 2.45) is 0 Å². The molecule has 0 saturated carbocycles. The monoisotopic (exact) mass is 354 g/mol. The molecule has 0 unspecified atom stereocenters. The first-order valence-corrected chi connectivity index (χ1v) is 8.99. The van der Waals surface area contributed by atoms with E-state index in [1.165, 1.54) is 18.2 Å². The molecule has 2 aromatic rings. The van der Waals surface area contributed by atoms with Gasteiger partial charge in [-0.3, -0.25) is 0 Å². The van der Waals surface area contributed by atoms with Gasteiger partial charge in [0.25, 0.3) is 0 Å². The van der Waals surface area contributed by atoms with Gasteiger partial charge in [-0.2, -0.15) is 0 Å². The summed E-state index contributed by atoms with van der Waals surface area (Å²) in [6, 6.07) is 13.1. The van der Waals surface area contributed by atoms with Crippen molar-refractivity contribution >= 4 is 27.4 Å². The first-order chi connectivity index (χ1) is 10.9. The minimum absolute atomic E-state index is 0.0462. The second-order valence-corrected chi connectivity index (χ2v) is 7.11. The summed E-state index contributed by atoms with van der Waals surface area (Å²) < 4.78 is 33.6. The predicted octanol–water partition coefficient (Wildman–Crippen LogP) is 2.98. The molecular formula is C16H15ClO5S. The second kappa shape index (κ2) is 7.48. The molecule has 2 aromatic carbocycles. The Labute approximate surface area is 139 Å². The van der Waals surface area contributed by atoms with E-state index < -0.39 is 15.8 Å². The molecule has 0 spiro atoms. The summed E-state index contributed by atoms with van der Waals surface area (Å²) in [5, 5.41) is 0.0662. The molecule has 0 bridgehead atoms. The van der Waals surface area contributed by atoms with Crippen molar-refractivity contribution < 1.29 is 22.7 Å². The maximum atomic E-state index is 11.9. The highest BCUT2D eigenvalue weighted by atomic mass is 35.5. The van der Waals surface area contributed by atoms with E-state index in [1.54, 1.807) is 12.1 Å². The van der Waals surface area contributed by atoms with E-state index in [4.69, 9.17) is 21.1 Å². The number of ether oxygens (including phenoxy) is 2. The molecule has 0 amide bonds. The van der Waals surface area contributed by atoms with Crippen molar-refractivity contribution in [3.8, 4) is 5.75 Å². The Balaban J connectivity index is 1.94. The van der Waals surface area contributed by atoms with Gasteiger partial charge < -0.3 is 9.47 Å². The summed E-state index contributed by atoms with van der Waals surface area (Å²) in [6.45, 7) is 0.243. The van der Waals surface area contributed by atoms with E-state index in [0.29, 0.717) is 5.75 Å². The standard InChI is InChI=1S/C16H15ClO5S/c1-23(19,20)15-11-12(7-8-14(15)17)16(18)22-10-9-21-13-5-3-2-4-6-13/h2-8,11H,9-10H2,1H3. The zero-order chi connectivity index (χ0) is 16.9. The van der Waals surface area contributed by atoms with Crippen LogP contribution in [0.4, 0.5) is 0 Å². The average molecular weight is 355 g/mol. The van der Waals surface area contributed by atoms with Crippen LogP contribution in [0.1, 0.15) is 10.4 Å². The number of carbonyl (C=O) groups is 1. The number of sulfone groups is 1. The van der Waals surface area contributed by atoms with E-state index in [1.807, 2.05) is 18.2 Å². The van der Waals surface area contributed by atoms with E-state index in [2.05, 4.69) is 0 Å². The molecule has 0 aliphatic carbocycles. The van der Waals surface area contributed by atoms with Gasteiger partial charge in [0, 0.05) is 6.26 Å². The van der Waals surface area contributed by atoms with Gasteiger partial charge in [-0.1, -0.05) is 29.8 Å². The zero-order valence-electron chi connectivity index (χ0n) is 12.4. The number of carbonyl (C=O) groups excluding carboxylic acids is 1.